The van der Waals surface area contributed by atoms with Gasteiger partial charge in [-0.15, -0.1) is 0 Å². The summed E-state index contributed by atoms with van der Waals surface area (Å²) in [6.07, 6.45) is 2.81. The summed E-state index contributed by atoms with van der Waals surface area (Å²) in [6, 6.07) is -0.669. The minimum absolute atomic E-state index is 0.104. The summed E-state index contributed by atoms with van der Waals surface area (Å²) in [5.41, 5.74) is 1.59. The predicted molar refractivity (Wildman–Crippen MR) is 74.9 cm³/mol. The number of hydrogen-bond acceptors (Lipinski definition) is 5. The molecule has 1 unspecified atom stereocenters. The third-order valence-corrected chi connectivity index (χ3v) is 3.36. The summed E-state index contributed by atoms with van der Waals surface area (Å²) in [4.78, 5) is 22.5. The third-order valence-electron chi connectivity index (χ3n) is 3.36. The van der Waals surface area contributed by atoms with Gasteiger partial charge in [-0.2, -0.15) is 10.2 Å². The Labute approximate surface area is 120 Å². The molecule has 0 aromatic carbocycles. The molecule has 0 aliphatic rings. The highest BCUT2D eigenvalue weighted by atomic mass is 16.6. The fraction of sp³-hybridized carbons (Fsp3) is 0.417. The van der Waals surface area contributed by atoms with E-state index in [0.717, 1.165) is 5.69 Å². The molecule has 1 amide bonds. The van der Waals surface area contributed by atoms with E-state index in [9.17, 15) is 14.9 Å². The lowest BCUT2D eigenvalue weighted by Crippen LogP contribution is -2.24. The van der Waals surface area contributed by atoms with Gasteiger partial charge in [0, 0.05) is 7.05 Å². The van der Waals surface area contributed by atoms with Gasteiger partial charge in [-0.3, -0.25) is 24.3 Å². The van der Waals surface area contributed by atoms with Crippen LogP contribution in [-0.2, 0) is 11.8 Å². The number of aromatic nitrogens is 4. The first-order chi connectivity index (χ1) is 9.81. The maximum Gasteiger partial charge on any atom is 0.309 e. The van der Waals surface area contributed by atoms with Crippen molar-refractivity contribution in [3.63, 3.8) is 0 Å². The lowest BCUT2D eigenvalue weighted by atomic mass is 10.3. The van der Waals surface area contributed by atoms with E-state index in [1.54, 1.807) is 24.9 Å². The van der Waals surface area contributed by atoms with E-state index < -0.39 is 11.0 Å². The second-order valence-electron chi connectivity index (χ2n) is 4.77. The zero-order valence-electron chi connectivity index (χ0n) is 12.2. The van der Waals surface area contributed by atoms with Crippen molar-refractivity contribution in [2.24, 2.45) is 7.05 Å². The largest absolute Gasteiger partial charge is 0.321 e. The van der Waals surface area contributed by atoms with Crippen LogP contribution in [0.2, 0.25) is 0 Å². The van der Waals surface area contributed by atoms with Crippen LogP contribution < -0.4 is 5.32 Å². The molecule has 1 N–H and O–H groups in total. The Hall–Kier alpha value is -2.71. The minimum atomic E-state index is -0.669. The van der Waals surface area contributed by atoms with E-state index in [0.29, 0.717) is 5.69 Å². The van der Waals surface area contributed by atoms with Gasteiger partial charge < -0.3 is 5.32 Å². The van der Waals surface area contributed by atoms with E-state index in [1.807, 2.05) is 6.92 Å². The second-order valence-corrected chi connectivity index (χ2v) is 4.77. The molecule has 2 aromatic heterocycles. The zero-order valence-corrected chi connectivity index (χ0v) is 12.2. The van der Waals surface area contributed by atoms with Crippen LogP contribution in [0.25, 0.3) is 0 Å². The van der Waals surface area contributed by atoms with Gasteiger partial charge in [0.15, 0.2) is 0 Å². The van der Waals surface area contributed by atoms with Crippen LogP contribution in [-0.4, -0.2) is 30.4 Å². The molecule has 0 aliphatic carbocycles. The Morgan fingerprint density at radius 2 is 2.14 bits per heavy atom. The zero-order chi connectivity index (χ0) is 15.7. The molecule has 0 radical (unpaired) electrons. The number of amides is 1. The van der Waals surface area contributed by atoms with Crippen LogP contribution in [0, 0.1) is 24.0 Å². The van der Waals surface area contributed by atoms with E-state index in [2.05, 4.69) is 15.5 Å². The molecule has 2 aromatic rings. The van der Waals surface area contributed by atoms with Crippen molar-refractivity contribution >= 4 is 17.3 Å². The summed E-state index contributed by atoms with van der Waals surface area (Å²) in [6.45, 7) is 4.98. The highest BCUT2D eigenvalue weighted by Gasteiger charge is 2.22. The topological polar surface area (TPSA) is 108 Å². The van der Waals surface area contributed by atoms with Gasteiger partial charge >= 0.3 is 5.69 Å². The first-order valence-corrected chi connectivity index (χ1v) is 6.31. The monoisotopic (exact) mass is 292 g/mol. The summed E-state index contributed by atoms with van der Waals surface area (Å²) >= 11 is 0. The number of carbonyl (C=O) groups excluding carboxylic acids is 1. The molecule has 21 heavy (non-hydrogen) atoms. The predicted octanol–water partition coefficient (Wildman–Crippen LogP) is 1.34. The van der Waals surface area contributed by atoms with Crippen LogP contribution in [0.1, 0.15) is 24.4 Å². The molecule has 0 bridgehead atoms. The molecule has 0 saturated carbocycles. The molecule has 2 rings (SSSR count). The number of nitrogens with one attached hydrogen (secondary N) is 1. The van der Waals surface area contributed by atoms with Gasteiger partial charge in [-0.05, 0) is 20.8 Å². The van der Waals surface area contributed by atoms with E-state index in [1.165, 1.54) is 17.8 Å². The average Bonchev–Trinajstić information content (AvgIpc) is 2.95. The molecule has 2 heterocycles. The Morgan fingerprint density at radius 3 is 2.62 bits per heavy atom. The Bertz CT molecular complexity index is 702. The summed E-state index contributed by atoms with van der Waals surface area (Å²) < 4.78 is 2.93. The van der Waals surface area contributed by atoms with E-state index in [-0.39, 0.29) is 17.3 Å². The standard InChI is InChI=1S/C12H16N6O3/c1-7-11(18(20)21)6-17(15-7)9(3)12(19)14-10-5-13-16(4)8(10)2/h5-6,9H,1-4H3,(H,14,19). The Morgan fingerprint density at radius 1 is 1.48 bits per heavy atom. The van der Waals surface area contributed by atoms with Gasteiger partial charge in [0.05, 0.1) is 22.5 Å². The number of rotatable bonds is 4. The van der Waals surface area contributed by atoms with Crippen LogP contribution in [0.3, 0.4) is 0 Å². The van der Waals surface area contributed by atoms with Crippen molar-refractivity contribution < 1.29 is 9.72 Å². The van der Waals surface area contributed by atoms with Crippen molar-refractivity contribution in [1.82, 2.24) is 19.6 Å². The molecule has 112 valence electrons. The normalized spacial score (nSPS) is 12.2. The van der Waals surface area contributed by atoms with Gasteiger partial charge in [0.1, 0.15) is 17.9 Å². The molecule has 0 spiro atoms. The second kappa shape index (κ2) is 5.35. The first-order valence-electron chi connectivity index (χ1n) is 6.31. The molecular weight excluding hydrogens is 276 g/mol. The average molecular weight is 292 g/mol. The molecule has 1 atom stereocenters. The Balaban J connectivity index is 2.18. The van der Waals surface area contributed by atoms with Gasteiger partial charge in [0.2, 0.25) is 5.91 Å². The van der Waals surface area contributed by atoms with Crippen LogP contribution in [0.15, 0.2) is 12.4 Å². The molecule has 9 nitrogen and oxygen atoms in total. The van der Waals surface area contributed by atoms with E-state index in [4.69, 9.17) is 0 Å². The van der Waals surface area contributed by atoms with Crippen molar-refractivity contribution in [2.45, 2.75) is 26.8 Å². The van der Waals surface area contributed by atoms with Gasteiger partial charge in [-0.1, -0.05) is 0 Å². The number of aryl methyl sites for hydroxylation is 2. The van der Waals surface area contributed by atoms with Crippen LogP contribution >= 0.6 is 0 Å². The summed E-state index contributed by atoms with van der Waals surface area (Å²) in [5, 5.41) is 21.6. The molecule has 0 aliphatic heterocycles. The summed E-state index contributed by atoms with van der Waals surface area (Å²) in [7, 11) is 1.77. The number of carbonyl (C=O) groups is 1. The molecule has 0 fully saturated rings. The SMILES string of the molecule is Cc1nn(C(C)C(=O)Nc2cnn(C)c2C)cc1[N+](=O)[O-]. The number of nitrogens with zero attached hydrogens (tertiary/aromatic N) is 5. The van der Waals surface area contributed by atoms with Crippen molar-refractivity contribution in [2.75, 3.05) is 5.32 Å². The van der Waals surface area contributed by atoms with Crippen molar-refractivity contribution in [1.29, 1.82) is 0 Å². The fourth-order valence-electron chi connectivity index (χ4n) is 1.83. The van der Waals surface area contributed by atoms with E-state index >= 15 is 0 Å². The number of anilines is 1. The molecule has 0 saturated heterocycles. The van der Waals surface area contributed by atoms with Gasteiger partial charge in [-0.25, -0.2) is 0 Å². The molecular formula is C12H16N6O3. The lowest BCUT2D eigenvalue weighted by Gasteiger charge is -2.11. The molecule has 9 heteroatoms. The Kier molecular flexibility index (Phi) is 3.74. The first kappa shape index (κ1) is 14.7. The lowest BCUT2D eigenvalue weighted by molar-refractivity contribution is -0.385. The fourth-order valence-corrected chi connectivity index (χ4v) is 1.83. The quantitative estimate of drug-likeness (QED) is 0.675. The minimum Gasteiger partial charge on any atom is -0.321 e. The van der Waals surface area contributed by atoms with Crippen molar-refractivity contribution in [3.05, 3.63) is 33.9 Å². The maximum absolute atomic E-state index is 12.2. The number of nitro groups is 1. The highest BCUT2D eigenvalue weighted by Crippen LogP contribution is 2.20. The third kappa shape index (κ3) is 2.76. The highest BCUT2D eigenvalue weighted by molar-refractivity contribution is 5.93. The summed E-state index contributed by atoms with van der Waals surface area (Å²) in [5.74, 6) is -0.316. The maximum atomic E-state index is 12.2. The van der Waals surface area contributed by atoms with Crippen molar-refractivity contribution in [3.8, 4) is 0 Å². The number of hydrogen-bond donors (Lipinski definition) is 1. The van der Waals surface area contributed by atoms with Gasteiger partial charge in [0.25, 0.3) is 0 Å². The smallest absolute Gasteiger partial charge is 0.309 e. The van der Waals surface area contributed by atoms with Crippen LogP contribution in [0.4, 0.5) is 11.4 Å². The van der Waals surface area contributed by atoms with Crippen LogP contribution in [0.5, 0.6) is 0 Å².